The van der Waals surface area contributed by atoms with Gasteiger partial charge in [-0.25, -0.2) is 4.98 Å². The van der Waals surface area contributed by atoms with E-state index in [2.05, 4.69) is 18.0 Å². The van der Waals surface area contributed by atoms with Crippen molar-refractivity contribution in [3.05, 3.63) is 75.3 Å². The summed E-state index contributed by atoms with van der Waals surface area (Å²) in [5.41, 5.74) is 5.27. The number of hydrogen-bond acceptors (Lipinski definition) is 4. The monoisotopic (exact) mass is 413 g/mol. The van der Waals surface area contributed by atoms with Crippen molar-refractivity contribution >= 4 is 39.7 Å². The molecule has 0 aliphatic rings. The fourth-order valence-corrected chi connectivity index (χ4v) is 4.17. The zero-order chi connectivity index (χ0) is 20.3. The highest BCUT2D eigenvalue weighted by molar-refractivity contribution is 7.14. The van der Waals surface area contributed by atoms with Crippen LogP contribution in [-0.4, -0.2) is 22.8 Å². The molecular weight excluding hydrogens is 390 g/mol. The van der Waals surface area contributed by atoms with Gasteiger partial charge in [0.15, 0.2) is 5.13 Å². The molecule has 1 heterocycles. The quantitative estimate of drug-likeness (QED) is 0.517. The van der Waals surface area contributed by atoms with Gasteiger partial charge in [0.25, 0.3) is 0 Å². The van der Waals surface area contributed by atoms with Crippen molar-refractivity contribution < 1.29 is 4.79 Å². The third-order valence-corrected chi connectivity index (χ3v) is 5.56. The second-order valence-corrected chi connectivity index (χ2v) is 8.34. The van der Waals surface area contributed by atoms with E-state index in [-0.39, 0.29) is 5.91 Å². The molecule has 2 aromatic carbocycles. The lowest BCUT2D eigenvalue weighted by Crippen LogP contribution is -2.23. The third kappa shape index (κ3) is 4.98. The molecule has 0 N–H and O–H groups in total. The Bertz CT molecular complexity index is 968. The fraction of sp³-hybridized carbons (Fsp3) is 0.273. The number of carbonyl (C=O) groups is 1. The Hall–Kier alpha value is -2.21. The lowest BCUT2D eigenvalue weighted by Gasteiger charge is -2.20. The van der Waals surface area contributed by atoms with Crippen LogP contribution in [0.4, 0.5) is 10.8 Å². The summed E-state index contributed by atoms with van der Waals surface area (Å²) in [5, 5.41) is 3.47. The van der Waals surface area contributed by atoms with Crippen LogP contribution in [0.3, 0.4) is 0 Å². The summed E-state index contributed by atoms with van der Waals surface area (Å²) in [7, 11) is 2.06. The first-order valence-corrected chi connectivity index (χ1v) is 10.3. The summed E-state index contributed by atoms with van der Waals surface area (Å²) in [4.78, 5) is 21.0. The predicted octanol–water partition coefficient (Wildman–Crippen LogP) is 5.73. The molecule has 0 spiro atoms. The minimum absolute atomic E-state index is 0.0395. The molecule has 0 saturated carbocycles. The molecule has 0 saturated heterocycles. The largest absolute Gasteiger partial charge is 0.296 e. The summed E-state index contributed by atoms with van der Waals surface area (Å²) in [6.45, 7) is 7.15. The molecule has 0 unspecified atom stereocenters. The maximum atomic E-state index is 12.4. The van der Waals surface area contributed by atoms with Crippen LogP contribution in [-0.2, 0) is 17.9 Å². The van der Waals surface area contributed by atoms with Gasteiger partial charge in [-0.15, -0.1) is 11.3 Å². The number of anilines is 2. The van der Waals surface area contributed by atoms with Gasteiger partial charge < -0.3 is 0 Å². The van der Waals surface area contributed by atoms with E-state index in [1.165, 1.54) is 22.5 Å². The summed E-state index contributed by atoms with van der Waals surface area (Å²) in [5.74, 6) is -0.0395. The third-order valence-electron chi connectivity index (χ3n) is 4.44. The lowest BCUT2D eigenvalue weighted by atomic mass is 10.1. The molecule has 1 aromatic heterocycles. The van der Waals surface area contributed by atoms with Crippen molar-refractivity contribution in [3.8, 4) is 0 Å². The summed E-state index contributed by atoms with van der Waals surface area (Å²) in [6.07, 6.45) is 0. The predicted molar refractivity (Wildman–Crippen MR) is 117 cm³/mol. The van der Waals surface area contributed by atoms with Gasteiger partial charge in [-0.2, -0.15) is 0 Å². The number of aromatic nitrogens is 1. The number of amides is 1. The van der Waals surface area contributed by atoms with Crippen LogP contribution in [0.15, 0.2) is 47.8 Å². The van der Waals surface area contributed by atoms with Crippen LogP contribution in [0.5, 0.6) is 0 Å². The number of nitrogens with zero attached hydrogens (tertiary/aromatic N) is 3. The standard InChI is InChI=1S/C22H24ClN3OS/c1-15-5-10-21(16(2)11-15)26(17(3)27)22-24-20(14-28-22)13-25(4)12-18-6-8-19(23)9-7-18/h5-11,14H,12-13H2,1-4H3. The summed E-state index contributed by atoms with van der Waals surface area (Å²) in [6, 6.07) is 14.0. The van der Waals surface area contributed by atoms with Crippen molar-refractivity contribution in [2.24, 2.45) is 0 Å². The van der Waals surface area contributed by atoms with Crippen molar-refractivity contribution in [2.45, 2.75) is 33.9 Å². The van der Waals surface area contributed by atoms with Crippen LogP contribution in [0.2, 0.25) is 5.02 Å². The molecule has 28 heavy (non-hydrogen) atoms. The number of hydrogen-bond donors (Lipinski definition) is 0. The van der Waals surface area contributed by atoms with E-state index in [0.29, 0.717) is 11.7 Å². The van der Waals surface area contributed by atoms with Crippen molar-refractivity contribution in [3.63, 3.8) is 0 Å². The molecular formula is C22H24ClN3OS. The first kappa shape index (κ1) is 20.5. The van der Waals surface area contributed by atoms with Gasteiger partial charge in [0.2, 0.25) is 5.91 Å². The molecule has 4 nitrogen and oxygen atoms in total. The highest BCUT2D eigenvalue weighted by Gasteiger charge is 2.20. The molecule has 0 radical (unpaired) electrons. The van der Waals surface area contributed by atoms with Crippen LogP contribution in [0.1, 0.15) is 29.3 Å². The number of rotatable bonds is 6. The Labute approximate surface area is 175 Å². The second kappa shape index (κ2) is 8.86. The van der Waals surface area contributed by atoms with Gasteiger partial charge in [-0.1, -0.05) is 41.4 Å². The van der Waals surface area contributed by atoms with Gasteiger partial charge in [0.05, 0.1) is 11.4 Å². The Morgan fingerprint density at radius 2 is 1.82 bits per heavy atom. The van der Waals surface area contributed by atoms with E-state index in [1.54, 1.807) is 11.8 Å². The van der Waals surface area contributed by atoms with Crippen molar-refractivity contribution in [1.82, 2.24) is 9.88 Å². The SMILES string of the molecule is CC(=O)N(c1nc(CN(C)Cc2ccc(Cl)cc2)cs1)c1ccc(C)cc1C. The Morgan fingerprint density at radius 3 is 2.46 bits per heavy atom. The van der Waals surface area contributed by atoms with E-state index in [9.17, 15) is 4.79 Å². The molecule has 1 amide bonds. The highest BCUT2D eigenvalue weighted by atomic mass is 35.5. The van der Waals surface area contributed by atoms with E-state index >= 15 is 0 Å². The first-order chi connectivity index (χ1) is 13.3. The number of benzene rings is 2. The van der Waals surface area contributed by atoms with Crippen LogP contribution >= 0.6 is 22.9 Å². The maximum absolute atomic E-state index is 12.4. The van der Waals surface area contributed by atoms with Gasteiger partial charge >= 0.3 is 0 Å². The number of halogens is 1. The fourth-order valence-electron chi connectivity index (χ4n) is 3.17. The molecule has 146 valence electrons. The molecule has 0 aliphatic heterocycles. The van der Waals surface area contributed by atoms with Crippen LogP contribution in [0.25, 0.3) is 0 Å². The molecule has 3 aromatic rings. The highest BCUT2D eigenvalue weighted by Crippen LogP contribution is 2.32. The van der Waals surface area contributed by atoms with Crippen molar-refractivity contribution in [2.75, 3.05) is 11.9 Å². The maximum Gasteiger partial charge on any atom is 0.230 e. The molecule has 6 heteroatoms. The van der Waals surface area contributed by atoms with E-state index in [0.717, 1.165) is 28.5 Å². The number of carbonyl (C=O) groups excluding carboxylic acids is 1. The van der Waals surface area contributed by atoms with Crippen LogP contribution < -0.4 is 4.90 Å². The summed E-state index contributed by atoms with van der Waals surface area (Å²) < 4.78 is 0. The zero-order valence-electron chi connectivity index (χ0n) is 16.6. The van der Waals surface area contributed by atoms with Gasteiger partial charge in [0, 0.05) is 30.4 Å². The Kier molecular flexibility index (Phi) is 6.50. The van der Waals surface area contributed by atoms with E-state index < -0.39 is 0 Å². The minimum atomic E-state index is -0.0395. The van der Waals surface area contributed by atoms with Gasteiger partial charge in [-0.3, -0.25) is 14.6 Å². The Balaban J connectivity index is 1.75. The molecule has 0 atom stereocenters. The normalized spacial score (nSPS) is 11.1. The molecule has 3 rings (SSSR count). The average molecular weight is 414 g/mol. The Morgan fingerprint density at radius 1 is 1.11 bits per heavy atom. The van der Waals surface area contributed by atoms with Crippen molar-refractivity contribution in [1.29, 1.82) is 0 Å². The minimum Gasteiger partial charge on any atom is -0.296 e. The van der Waals surface area contributed by atoms with Gasteiger partial charge in [-0.05, 0) is 50.2 Å². The molecule has 0 fully saturated rings. The zero-order valence-corrected chi connectivity index (χ0v) is 18.1. The summed E-state index contributed by atoms with van der Waals surface area (Å²) >= 11 is 7.45. The molecule has 0 bridgehead atoms. The first-order valence-electron chi connectivity index (χ1n) is 9.09. The van der Waals surface area contributed by atoms with E-state index in [1.807, 2.05) is 55.6 Å². The molecule has 0 aliphatic carbocycles. The number of aryl methyl sites for hydroxylation is 2. The topological polar surface area (TPSA) is 36.4 Å². The van der Waals surface area contributed by atoms with E-state index in [4.69, 9.17) is 16.6 Å². The van der Waals surface area contributed by atoms with Gasteiger partial charge in [0.1, 0.15) is 0 Å². The lowest BCUT2D eigenvalue weighted by molar-refractivity contribution is -0.115. The number of thiazole rings is 1. The smallest absolute Gasteiger partial charge is 0.230 e. The van der Waals surface area contributed by atoms with Crippen LogP contribution in [0, 0.1) is 13.8 Å². The second-order valence-electron chi connectivity index (χ2n) is 7.06. The average Bonchev–Trinajstić information content (AvgIpc) is 3.06.